The van der Waals surface area contributed by atoms with Crippen LogP contribution in [-0.2, 0) is 35.2 Å². The molecule has 0 saturated heterocycles. The van der Waals surface area contributed by atoms with Gasteiger partial charge in [-0.1, -0.05) is 0 Å². The van der Waals surface area contributed by atoms with E-state index in [4.69, 9.17) is 16.6 Å². The van der Waals surface area contributed by atoms with Gasteiger partial charge in [-0.2, -0.15) is 0 Å². The third-order valence-corrected chi connectivity index (χ3v) is 4.66. The fourth-order valence-corrected chi connectivity index (χ4v) is 2.73. The average molecular weight is 483 g/mol. The van der Waals surface area contributed by atoms with Gasteiger partial charge in [0, 0.05) is 31.2 Å². The van der Waals surface area contributed by atoms with Gasteiger partial charge in [-0.05, 0) is 19.8 Å². The summed E-state index contributed by atoms with van der Waals surface area (Å²) in [5.74, 6) is -5.67. The van der Waals surface area contributed by atoms with E-state index >= 15 is 0 Å². The maximum atomic E-state index is 12.7. The largest absolute Gasteiger partial charge is 0.481 e. The minimum Gasteiger partial charge on any atom is -0.481 e. The van der Waals surface area contributed by atoms with Crippen LogP contribution in [0.4, 0.5) is 0 Å². The van der Waals surface area contributed by atoms with Crippen molar-refractivity contribution in [2.75, 3.05) is 0 Å². The van der Waals surface area contributed by atoms with E-state index in [0.717, 1.165) is 0 Å². The van der Waals surface area contributed by atoms with E-state index in [1.54, 1.807) is 0 Å². The van der Waals surface area contributed by atoms with Gasteiger partial charge in [-0.25, -0.2) is 9.78 Å². The highest BCUT2D eigenvalue weighted by molar-refractivity contribution is 5.94. The number of aromatic amines is 1. The van der Waals surface area contributed by atoms with Crippen molar-refractivity contribution in [1.29, 1.82) is 0 Å². The maximum Gasteiger partial charge on any atom is 0.326 e. The molecule has 34 heavy (non-hydrogen) atoms. The van der Waals surface area contributed by atoms with Gasteiger partial charge in [0.1, 0.15) is 18.1 Å². The summed E-state index contributed by atoms with van der Waals surface area (Å²) in [6, 6.07) is -4.99. The predicted octanol–water partition coefficient (Wildman–Crippen LogP) is -3.03. The number of aromatic nitrogens is 2. The SMILES string of the molecule is CC(NC(=O)C(N)CCC(N)=O)C(=O)NC(Cc1cnc[nH]1)C(=O)NC(CCC(=O)O)C(=O)O. The average Bonchev–Trinajstić information content (AvgIpc) is 3.26. The van der Waals surface area contributed by atoms with Gasteiger partial charge in [-0.3, -0.25) is 24.0 Å². The van der Waals surface area contributed by atoms with Crippen LogP contribution in [0.1, 0.15) is 38.3 Å². The molecular weight excluding hydrogens is 454 g/mol. The number of nitrogens with two attached hydrogens (primary N) is 2. The van der Waals surface area contributed by atoms with E-state index < -0.39 is 66.2 Å². The van der Waals surface area contributed by atoms with E-state index in [-0.39, 0.29) is 25.7 Å². The number of imidazole rings is 1. The van der Waals surface area contributed by atoms with Crippen LogP contribution in [0.25, 0.3) is 0 Å². The first-order valence-corrected chi connectivity index (χ1v) is 10.3. The van der Waals surface area contributed by atoms with Gasteiger partial charge in [-0.15, -0.1) is 0 Å². The minimum atomic E-state index is -1.50. The number of carbonyl (C=O) groups is 6. The van der Waals surface area contributed by atoms with E-state index in [2.05, 4.69) is 25.9 Å². The molecule has 0 aliphatic heterocycles. The zero-order valence-electron chi connectivity index (χ0n) is 18.4. The molecule has 15 nitrogen and oxygen atoms in total. The summed E-state index contributed by atoms with van der Waals surface area (Å²) >= 11 is 0. The topological polar surface area (TPSA) is 260 Å². The zero-order chi connectivity index (χ0) is 25.8. The van der Waals surface area contributed by atoms with Gasteiger partial charge in [0.2, 0.25) is 23.6 Å². The molecule has 1 heterocycles. The van der Waals surface area contributed by atoms with Gasteiger partial charge < -0.3 is 42.6 Å². The van der Waals surface area contributed by atoms with Crippen LogP contribution in [0.2, 0.25) is 0 Å². The Hall–Kier alpha value is -4.01. The molecule has 0 bridgehead atoms. The smallest absolute Gasteiger partial charge is 0.326 e. The van der Waals surface area contributed by atoms with Crippen LogP contribution in [0, 0.1) is 0 Å². The van der Waals surface area contributed by atoms with Crippen molar-refractivity contribution in [3.8, 4) is 0 Å². The van der Waals surface area contributed by atoms with E-state index in [1.165, 1.54) is 19.4 Å². The van der Waals surface area contributed by atoms with E-state index in [0.29, 0.717) is 5.69 Å². The highest BCUT2D eigenvalue weighted by atomic mass is 16.4. The number of hydrogen-bond donors (Lipinski definition) is 8. The number of H-pyrrole nitrogens is 1. The Morgan fingerprint density at radius 3 is 2.15 bits per heavy atom. The van der Waals surface area contributed by atoms with Crippen molar-refractivity contribution in [2.24, 2.45) is 11.5 Å². The van der Waals surface area contributed by atoms with Crippen molar-refractivity contribution in [1.82, 2.24) is 25.9 Å². The molecular formula is C19H29N7O8. The summed E-state index contributed by atoms with van der Waals surface area (Å²) in [4.78, 5) is 77.0. The molecule has 0 aromatic carbocycles. The fourth-order valence-electron chi connectivity index (χ4n) is 2.73. The minimum absolute atomic E-state index is 0.0206. The molecule has 4 unspecified atom stereocenters. The van der Waals surface area contributed by atoms with Crippen LogP contribution in [-0.4, -0.2) is 79.9 Å². The molecule has 1 aromatic rings. The first kappa shape index (κ1) is 28.0. The Bertz CT molecular complexity index is 889. The Labute approximate surface area is 194 Å². The molecule has 0 saturated carbocycles. The predicted molar refractivity (Wildman–Crippen MR) is 115 cm³/mol. The molecule has 1 rings (SSSR count). The van der Waals surface area contributed by atoms with Crippen LogP contribution in [0.15, 0.2) is 12.5 Å². The number of carbonyl (C=O) groups excluding carboxylic acids is 4. The number of hydrogen-bond acceptors (Lipinski definition) is 8. The summed E-state index contributed by atoms with van der Waals surface area (Å²) < 4.78 is 0. The number of nitrogens with zero attached hydrogens (tertiary/aromatic N) is 1. The van der Waals surface area contributed by atoms with Crippen LogP contribution < -0.4 is 27.4 Å². The lowest BCUT2D eigenvalue weighted by Gasteiger charge is -2.23. The summed E-state index contributed by atoms with van der Waals surface area (Å²) in [5, 5.41) is 25.0. The molecule has 188 valence electrons. The Balaban J connectivity index is 2.85. The molecule has 0 radical (unpaired) electrons. The summed E-state index contributed by atoms with van der Waals surface area (Å²) in [6.45, 7) is 1.34. The third kappa shape index (κ3) is 10.1. The first-order valence-electron chi connectivity index (χ1n) is 10.3. The molecule has 0 aliphatic rings. The lowest BCUT2D eigenvalue weighted by molar-refractivity contribution is -0.143. The van der Waals surface area contributed by atoms with E-state index in [9.17, 15) is 33.9 Å². The van der Waals surface area contributed by atoms with Gasteiger partial charge in [0.15, 0.2) is 0 Å². The Morgan fingerprint density at radius 2 is 1.62 bits per heavy atom. The van der Waals surface area contributed by atoms with Crippen LogP contribution in [0.5, 0.6) is 0 Å². The van der Waals surface area contributed by atoms with E-state index in [1.807, 2.05) is 0 Å². The van der Waals surface area contributed by atoms with Crippen molar-refractivity contribution in [3.63, 3.8) is 0 Å². The van der Waals surface area contributed by atoms with Crippen molar-refractivity contribution in [2.45, 2.75) is 63.2 Å². The van der Waals surface area contributed by atoms with Gasteiger partial charge in [0.25, 0.3) is 0 Å². The van der Waals surface area contributed by atoms with Crippen molar-refractivity contribution >= 4 is 35.6 Å². The van der Waals surface area contributed by atoms with Gasteiger partial charge in [0.05, 0.1) is 12.4 Å². The number of aliphatic carboxylic acids is 2. The molecule has 0 spiro atoms. The normalized spacial score (nSPS) is 14.2. The summed E-state index contributed by atoms with van der Waals surface area (Å²) in [7, 11) is 0. The Morgan fingerprint density at radius 1 is 0.971 bits per heavy atom. The Kier molecular flexibility index (Phi) is 11.1. The zero-order valence-corrected chi connectivity index (χ0v) is 18.4. The lowest BCUT2D eigenvalue weighted by atomic mass is 10.1. The second-order valence-electron chi connectivity index (χ2n) is 7.52. The third-order valence-electron chi connectivity index (χ3n) is 4.66. The second kappa shape index (κ2) is 13.5. The number of carboxylic acid groups (broad SMARTS) is 2. The maximum absolute atomic E-state index is 12.7. The molecule has 15 heteroatoms. The quantitative estimate of drug-likeness (QED) is 0.125. The molecule has 10 N–H and O–H groups in total. The molecule has 4 atom stereocenters. The monoisotopic (exact) mass is 483 g/mol. The number of nitrogens with one attached hydrogen (secondary N) is 4. The number of carboxylic acids is 2. The van der Waals surface area contributed by atoms with Crippen molar-refractivity contribution in [3.05, 3.63) is 18.2 Å². The van der Waals surface area contributed by atoms with Crippen LogP contribution in [0.3, 0.4) is 0 Å². The summed E-state index contributed by atoms with van der Waals surface area (Å²) in [6.07, 6.45) is 1.65. The van der Waals surface area contributed by atoms with Crippen molar-refractivity contribution < 1.29 is 39.0 Å². The number of rotatable bonds is 15. The van der Waals surface area contributed by atoms with Crippen LogP contribution >= 0.6 is 0 Å². The number of amides is 4. The molecule has 0 aliphatic carbocycles. The fraction of sp³-hybridized carbons (Fsp3) is 0.526. The highest BCUT2D eigenvalue weighted by Crippen LogP contribution is 2.04. The lowest BCUT2D eigenvalue weighted by Crippen LogP contribution is -2.57. The standard InChI is InChI=1S/C19H29N7O8/c1-9(24-17(31)11(20)2-4-14(21)27)16(30)26-13(6-10-7-22-8-23-10)18(32)25-12(19(33)34)3-5-15(28)29/h7-9,11-13H,2-6,20H2,1H3,(H2,21,27)(H,22,23)(H,24,31)(H,25,32)(H,26,30)(H,28,29)(H,33,34). The molecule has 1 aromatic heterocycles. The first-order chi connectivity index (χ1) is 15.9. The van der Waals surface area contributed by atoms with Gasteiger partial charge >= 0.3 is 11.9 Å². The second-order valence-corrected chi connectivity index (χ2v) is 7.52. The molecule has 0 fully saturated rings. The highest BCUT2D eigenvalue weighted by Gasteiger charge is 2.29. The summed E-state index contributed by atoms with van der Waals surface area (Å²) in [5.41, 5.74) is 11.1. The number of primary amides is 1. The molecule has 4 amide bonds.